The second kappa shape index (κ2) is 6.46. The summed E-state index contributed by atoms with van der Waals surface area (Å²) < 4.78 is 0. The van der Waals surface area contributed by atoms with Gasteiger partial charge in [-0.15, -0.1) is 0 Å². The van der Waals surface area contributed by atoms with E-state index in [1.807, 2.05) is 0 Å². The van der Waals surface area contributed by atoms with Crippen molar-refractivity contribution in [3.63, 3.8) is 0 Å². The van der Waals surface area contributed by atoms with Gasteiger partial charge in [0, 0.05) is 25.0 Å². The summed E-state index contributed by atoms with van der Waals surface area (Å²) in [6, 6.07) is 20.0. The van der Waals surface area contributed by atoms with E-state index in [0.717, 1.165) is 32.6 Å². The lowest BCUT2D eigenvalue weighted by molar-refractivity contribution is 0.148. The molecule has 120 valence electrons. The van der Waals surface area contributed by atoms with Gasteiger partial charge < -0.3 is 5.32 Å². The summed E-state index contributed by atoms with van der Waals surface area (Å²) in [5.74, 6) is 0. The molecule has 2 heterocycles. The molecule has 1 N–H and O–H groups in total. The average molecular weight is 306 g/mol. The number of fused-ring (bicyclic) bond motifs is 2. The van der Waals surface area contributed by atoms with E-state index in [9.17, 15) is 0 Å². The van der Waals surface area contributed by atoms with Gasteiger partial charge in [0.05, 0.1) is 0 Å². The van der Waals surface area contributed by atoms with Crippen molar-refractivity contribution in [2.45, 2.75) is 31.2 Å². The van der Waals surface area contributed by atoms with Crippen molar-refractivity contribution in [3.05, 3.63) is 71.3 Å². The van der Waals surface area contributed by atoms with Crippen molar-refractivity contribution < 1.29 is 0 Å². The van der Waals surface area contributed by atoms with Crippen LogP contribution in [0.1, 0.15) is 29.5 Å². The fourth-order valence-electron chi connectivity index (χ4n) is 4.41. The van der Waals surface area contributed by atoms with Gasteiger partial charge in [0.1, 0.15) is 0 Å². The first kappa shape index (κ1) is 14.9. The number of nitrogens with one attached hydrogen (secondary N) is 1. The number of nitrogens with zero attached hydrogens (tertiary/aromatic N) is 1. The lowest BCUT2D eigenvalue weighted by Gasteiger charge is -2.47. The zero-order chi connectivity index (χ0) is 15.5. The molecule has 2 nitrogen and oxygen atoms in total. The Morgan fingerprint density at radius 1 is 0.913 bits per heavy atom. The molecule has 0 aliphatic carbocycles. The number of hydrogen-bond acceptors (Lipinski definition) is 2. The smallest absolute Gasteiger partial charge is 0.0237 e. The summed E-state index contributed by atoms with van der Waals surface area (Å²) >= 11 is 0. The van der Waals surface area contributed by atoms with Crippen LogP contribution in [0.25, 0.3) is 0 Å². The number of hydrogen-bond donors (Lipinski definition) is 1. The van der Waals surface area contributed by atoms with E-state index >= 15 is 0 Å². The van der Waals surface area contributed by atoms with E-state index in [4.69, 9.17) is 0 Å². The van der Waals surface area contributed by atoms with Gasteiger partial charge in [-0.25, -0.2) is 0 Å². The molecule has 0 radical (unpaired) electrons. The summed E-state index contributed by atoms with van der Waals surface area (Å²) in [6.07, 6.45) is 3.69. The molecule has 2 heteroatoms. The zero-order valence-corrected chi connectivity index (χ0v) is 13.8. The van der Waals surface area contributed by atoms with Gasteiger partial charge in [-0.05, 0) is 49.0 Å². The number of rotatable bonds is 3. The average Bonchev–Trinajstić information content (AvgIpc) is 2.62. The van der Waals surface area contributed by atoms with Crippen molar-refractivity contribution in [3.8, 4) is 0 Å². The first-order chi connectivity index (χ1) is 11.4. The summed E-state index contributed by atoms with van der Waals surface area (Å²) in [5.41, 5.74) is 4.99. The Hall–Kier alpha value is -1.64. The molecule has 0 unspecified atom stereocenters. The van der Waals surface area contributed by atoms with E-state index in [0.29, 0.717) is 5.41 Å². The highest BCUT2D eigenvalue weighted by Crippen LogP contribution is 2.40. The van der Waals surface area contributed by atoms with Gasteiger partial charge in [-0.2, -0.15) is 0 Å². The van der Waals surface area contributed by atoms with Crippen LogP contribution in [0, 0.1) is 0 Å². The van der Waals surface area contributed by atoms with E-state index in [2.05, 4.69) is 64.8 Å². The summed E-state index contributed by atoms with van der Waals surface area (Å²) in [7, 11) is 0. The van der Waals surface area contributed by atoms with Gasteiger partial charge in [0.25, 0.3) is 0 Å². The molecule has 23 heavy (non-hydrogen) atoms. The maximum Gasteiger partial charge on any atom is 0.0237 e. The maximum atomic E-state index is 3.54. The zero-order valence-electron chi connectivity index (χ0n) is 13.8. The van der Waals surface area contributed by atoms with Crippen molar-refractivity contribution in [1.29, 1.82) is 0 Å². The summed E-state index contributed by atoms with van der Waals surface area (Å²) in [6.45, 7) is 5.80. The number of piperidine rings is 1. The lowest BCUT2D eigenvalue weighted by atomic mass is 9.69. The van der Waals surface area contributed by atoms with E-state index in [1.54, 1.807) is 11.1 Å². The molecular formula is C21H26N2. The monoisotopic (exact) mass is 306 g/mol. The highest BCUT2D eigenvalue weighted by molar-refractivity contribution is 5.37. The van der Waals surface area contributed by atoms with Crippen LogP contribution in [0.2, 0.25) is 0 Å². The summed E-state index contributed by atoms with van der Waals surface area (Å²) in [4.78, 5) is 2.68. The van der Waals surface area contributed by atoms with Crippen LogP contribution in [-0.4, -0.2) is 31.1 Å². The standard InChI is InChI=1S/C21H26N2/c1-2-6-18(7-3-1)10-15-23-16-19-8-4-5-9-20(19)21(17-23)11-13-22-14-12-21/h1-9,22H,10-17H2. The minimum atomic E-state index is 0.372. The van der Waals surface area contributed by atoms with Crippen LogP contribution >= 0.6 is 0 Å². The quantitative estimate of drug-likeness (QED) is 0.935. The molecule has 2 aliphatic rings. The van der Waals surface area contributed by atoms with Gasteiger partial charge in [0.2, 0.25) is 0 Å². The Morgan fingerprint density at radius 2 is 1.65 bits per heavy atom. The Morgan fingerprint density at radius 3 is 2.48 bits per heavy atom. The largest absolute Gasteiger partial charge is 0.317 e. The molecule has 0 bridgehead atoms. The highest BCUT2D eigenvalue weighted by Gasteiger charge is 2.39. The first-order valence-corrected chi connectivity index (χ1v) is 8.91. The second-order valence-electron chi connectivity index (χ2n) is 7.13. The van der Waals surface area contributed by atoms with Crippen LogP contribution in [0.15, 0.2) is 54.6 Å². The Bertz CT molecular complexity index is 644. The second-order valence-corrected chi connectivity index (χ2v) is 7.13. The topological polar surface area (TPSA) is 15.3 Å². The third-order valence-electron chi connectivity index (χ3n) is 5.63. The van der Waals surface area contributed by atoms with Crippen molar-refractivity contribution in [1.82, 2.24) is 10.2 Å². The first-order valence-electron chi connectivity index (χ1n) is 8.91. The molecule has 0 atom stereocenters. The fraction of sp³-hybridized carbons (Fsp3) is 0.429. The molecule has 0 aromatic heterocycles. The molecule has 1 saturated heterocycles. The minimum Gasteiger partial charge on any atom is -0.317 e. The van der Waals surface area contributed by atoms with E-state index < -0.39 is 0 Å². The van der Waals surface area contributed by atoms with Crippen LogP contribution in [-0.2, 0) is 18.4 Å². The molecule has 1 spiro atoms. The van der Waals surface area contributed by atoms with Gasteiger partial charge in [0.15, 0.2) is 0 Å². The maximum absolute atomic E-state index is 3.54. The van der Waals surface area contributed by atoms with Crippen molar-refractivity contribution in [2.75, 3.05) is 26.2 Å². The van der Waals surface area contributed by atoms with E-state index in [1.165, 1.54) is 24.9 Å². The molecule has 4 rings (SSSR count). The Balaban J connectivity index is 1.54. The predicted octanol–water partition coefficient (Wildman–Crippen LogP) is 3.37. The highest BCUT2D eigenvalue weighted by atomic mass is 15.1. The van der Waals surface area contributed by atoms with Gasteiger partial charge in [-0.3, -0.25) is 4.90 Å². The lowest BCUT2D eigenvalue weighted by Crippen LogP contribution is -2.51. The molecule has 0 saturated carbocycles. The third-order valence-corrected chi connectivity index (χ3v) is 5.63. The van der Waals surface area contributed by atoms with Crippen LogP contribution in [0.4, 0.5) is 0 Å². The molecule has 0 amide bonds. The molecule has 2 aromatic carbocycles. The SMILES string of the molecule is c1ccc(CCN2Cc3ccccc3C3(CCNCC3)C2)cc1. The molecular weight excluding hydrogens is 280 g/mol. The number of benzene rings is 2. The van der Waals surface area contributed by atoms with Gasteiger partial charge >= 0.3 is 0 Å². The Kier molecular flexibility index (Phi) is 4.19. The van der Waals surface area contributed by atoms with Gasteiger partial charge in [-0.1, -0.05) is 54.6 Å². The van der Waals surface area contributed by atoms with Crippen LogP contribution < -0.4 is 5.32 Å². The Labute approximate surface area is 139 Å². The molecule has 2 aromatic rings. The van der Waals surface area contributed by atoms with Crippen LogP contribution in [0.3, 0.4) is 0 Å². The van der Waals surface area contributed by atoms with Crippen LogP contribution in [0.5, 0.6) is 0 Å². The minimum absolute atomic E-state index is 0.372. The third kappa shape index (κ3) is 3.06. The summed E-state index contributed by atoms with van der Waals surface area (Å²) in [5, 5.41) is 3.54. The predicted molar refractivity (Wildman–Crippen MR) is 95.6 cm³/mol. The van der Waals surface area contributed by atoms with E-state index in [-0.39, 0.29) is 0 Å². The molecule has 2 aliphatic heterocycles. The van der Waals surface area contributed by atoms with Crippen molar-refractivity contribution in [2.24, 2.45) is 0 Å². The normalized spacial score (nSPS) is 20.3. The van der Waals surface area contributed by atoms with Crippen molar-refractivity contribution >= 4 is 0 Å². The fourth-order valence-corrected chi connectivity index (χ4v) is 4.41. The molecule has 1 fully saturated rings.